The third kappa shape index (κ3) is 7.13. The number of carbonyl (C=O) groups excluding carboxylic acids is 2. The van der Waals surface area contributed by atoms with Gasteiger partial charge in [-0.1, -0.05) is 76.6 Å². The molecule has 0 radical (unpaired) electrons. The summed E-state index contributed by atoms with van der Waals surface area (Å²) in [6, 6.07) is 9.55. The third-order valence-electron chi connectivity index (χ3n) is 3.99. The van der Waals surface area contributed by atoms with Gasteiger partial charge in [0.05, 0.1) is 19.3 Å². The highest BCUT2D eigenvalue weighted by atomic mass is 16.5. The first-order valence-corrected chi connectivity index (χ1v) is 9.68. The van der Waals surface area contributed by atoms with Crippen molar-refractivity contribution >= 4 is 12.0 Å². The Balaban J connectivity index is 0.00000122. The third-order valence-corrected chi connectivity index (χ3v) is 3.99. The topological polar surface area (TPSA) is 86.1 Å². The highest BCUT2D eigenvalue weighted by Crippen LogP contribution is 2.20. The van der Waals surface area contributed by atoms with Gasteiger partial charge in [0, 0.05) is 5.92 Å². The number of nitrogens with one attached hydrogen (secondary N) is 1. The number of rotatable bonds is 6. The number of hydrogen-bond donors (Lipinski definition) is 1. The lowest BCUT2D eigenvalue weighted by molar-refractivity contribution is -0.125. The summed E-state index contributed by atoms with van der Waals surface area (Å²) in [4.78, 5) is 24.1. The molecule has 2 aromatic rings. The SMILES string of the molecule is CCC.COC(=O)n1cc([C@@H](NC(=O)[C@@H](C)Cc2ccccc2)C(C)C)nn1. The molecule has 0 aliphatic heterocycles. The Labute approximate surface area is 167 Å². The van der Waals surface area contributed by atoms with Crippen LogP contribution in [-0.4, -0.2) is 34.1 Å². The number of hydrogen-bond acceptors (Lipinski definition) is 5. The van der Waals surface area contributed by atoms with E-state index < -0.39 is 6.09 Å². The van der Waals surface area contributed by atoms with Crippen molar-refractivity contribution in [2.75, 3.05) is 7.11 Å². The Morgan fingerprint density at radius 1 is 1.14 bits per heavy atom. The van der Waals surface area contributed by atoms with Crippen LogP contribution in [0, 0.1) is 11.8 Å². The lowest BCUT2D eigenvalue weighted by Gasteiger charge is -2.22. The number of benzene rings is 1. The maximum Gasteiger partial charge on any atom is 0.435 e. The highest BCUT2D eigenvalue weighted by molar-refractivity contribution is 5.79. The largest absolute Gasteiger partial charge is 0.451 e. The van der Waals surface area contributed by atoms with E-state index in [1.54, 1.807) is 0 Å². The standard InChI is InChI=1S/C18H24N4O3.C3H8/c1-12(2)16(15-11-22(21-20-15)18(24)25-4)19-17(23)13(3)10-14-8-6-5-7-9-14;1-3-2/h5-9,11-13,16H,10H2,1-4H3,(H,19,23);3H2,1-2H3/t13-,16-;/m0./s1. The van der Waals surface area contributed by atoms with Crippen molar-refractivity contribution in [2.45, 2.75) is 53.5 Å². The first-order valence-electron chi connectivity index (χ1n) is 9.68. The van der Waals surface area contributed by atoms with E-state index in [-0.39, 0.29) is 23.8 Å². The van der Waals surface area contributed by atoms with Crippen LogP contribution in [0.1, 0.15) is 58.3 Å². The van der Waals surface area contributed by atoms with Crippen LogP contribution in [0.2, 0.25) is 0 Å². The molecular weight excluding hydrogens is 356 g/mol. The fourth-order valence-electron chi connectivity index (χ4n) is 2.54. The molecule has 0 saturated carbocycles. The Morgan fingerprint density at radius 3 is 2.29 bits per heavy atom. The zero-order chi connectivity index (χ0) is 21.1. The molecule has 7 nitrogen and oxygen atoms in total. The molecule has 0 aliphatic carbocycles. The molecule has 0 aliphatic rings. The molecule has 28 heavy (non-hydrogen) atoms. The normalized spacial score (nSPS) is 12.5. The quantitative estimate of drug-likeness (QED) is 0.808. The second-order valence-electron chi connectivity index (χ2n) is 7.09. The zero-order valence-electron chi connectivity index (χ0n) is 17.7. The van der Waals surface area contributed by atoms with E-state index in [0.717, 1.165) is 10.2 Å². The molecule has 0 bridgehead atoms. The van der Waals surface area contributed by atoms with Gasteiger partial charge in [-0.3, -0.25) is 4.79 Å². The molecule has 1 aromatic carbocycles. The molecule has 0 spiro atoms. The summed E-state index contributed by atoms with van der Waals surface area (Å²) in [5.74, 6) is -0.148. The summed E-state index contributed by atoms with van der Waals surface area (Å²) in [5, 5.41) is 10.8. The first kappa shape index (κ1) is 23.3. The molecule has 1 amide bonds. The maximum absolute atomic E-state index is 12.6. The van der Waals surface area contributed by atoms with Gasteiger partial charge >= 0.3 is 6.09 Å². The van der Waals surface area contributed by atoms with E-state index in [9.17, 15) is 9.59 Å². The minimum absolute atomic E-state index is 0.0600. The van der Waals surface area contributed by atoms with Gasteiger partial charge in [0.15, 0.2) is 0 Å². The summed E-state index contributed by atoms with van der Waals surface area (Å²) in [7, 11) is 1.27. The Hall–Kier alpha value is -2.70. The van der Waals surface area contributed by atoms with E-state index in [1.807, 2.05) is 51.1 Å². The number of ether oxygens (including phenoxy) is 1. The minimum Gasteiger partial charge on any atom is -0.451 e. The molecule has 1 aromatic heterocycles. The second kappa shape index (κ2) is 11.9. The molecular formula is C21H32N4O3. The first-order chi connectivity index (χ1) is 13.3. The monoisotopic (exact) mass is 388 g/mol. The van der Waals surface area contributed by atoms with Gasteiger partial charge in [0.1, 0.15) is 5.69 Å². The van der Waals surface area contributed by atoms with Crippen LogP contribution in [0.3, 0.4) is 0 Å². The molecule has 1 heterocycles. The van der Waals surface area contributed by atoms with Crippen LogP contribution in [-0.2, 0) is 16.0 Å². The van der Waals surface area contributed by atoms with Crippen molar-refractivity contribution < 1.29 is 14.3 Å². The number of amides is 1. The number of nitrogens with zero attached hydrogens (tertiary/aromatic N) is 3. The molecule has 0 unspecified atom stereocenters. The average molecular weight is 389 g/mol. The summed E-state index contributed by atoms with van der Waals surface area (Å²) in [6.45, 7) is 10.1. The van der Waals surface area contributed by atoms with Crippen LogP contribution in [0.5, 0.6) is 0 Å². The van der Waals surface area contributed by atoms with Crippen molar-refractivity contribution in [2.24, 2.45) is 11.8 Å². The van der Waals surface area contributed by atoms with E-state index >= 15 is 0 Å². The molecule has 2 rings (SSSR count). The van der Waals surface area contributed by atoms with Gasteiger partial charge < -0.3 is 10.1 Å². The number of carbonyl (C=O) groups is 2. The Kier molecular flexibility index (Phi) is 9.92. The molecule has 2 atom stereocenters. The average Bonchev–Trinajstić information content (AvgIpc) is 3.16. The molecule has 154 valence electrons. The molecule has 0 saturated heterocycles. The fraction of sp³-hybridized carbons (Fsp3) is 0.524. The molecule has 1 N–H and O–H groups in total. The van der Waals surface area contributed by atoms with Crippen LogP contribution in [0.15, 0.2) is 36.5 Å². The smallest absolute Gasteiger partial charge is 0.435 e. The highest BCUT2D eigenvalue weighted by Gasteiger charge is 2.25. The predicted molar refractivity (Wildman–Crippen MR) is 109 cm³/mol. The lowest BCUT2D eigenvalue weighted by atomic mass is 9.97. The van der Waals surface area contributed by atoms with Crippen molar-refractivity contribution in [3.8, 4) is 0 Å². The van der Waals surface area contributed by atoms with E-state index in [0.29, 0.717) is 12.1 Å². The van der Waals surface area contributed by atoms with Crippen LogP contribution in [0.25, 0.3) is 0 Å². The van der Waals surface area contributed by atoms with Crippen molar-refractivity contribution in [3.63, 3.8) is 0 Å². The number of aromatic nitrogens is 3. The van der Waals surface area contributed by atoms with Gasteiger partial charge in [-0.25, -0.2) is 4.79 Å². The Bertz CT molecular complexity index is 728. The fourth-order valence-corrected chi connectivity index (χ4v) is 2.54. The van der Waals surface area contributed by atoms with E-state index in [1.165, 1.54) is 19.7 Å². The Morgan fingerprint density at radius 2 is 1.75 bits per heavy atom. The van der Waals surface area contributed by atoms with Gasteiger partial charge in [-0.15, -0.1) is 5.10 Å². The van der Waals surface area contributed by atoms with Gasteiger partial charge in [-0.2, -0.15) is 4.68 Å². The summed E-state index contributed by atoms with van der Waals surface area (Å²) >= 11 is 0. The molecule has 0 fully saturated rings. The van der Waals surface area contributed by atoms with Crippen LogP contribution >= 0.6 is 0 Å². The lowest BCUT2D eigenvalue weighted by Crippen LogP contribution is -2.36. The van der Waals surface area contributed by atoms with E-state index in [2.05, 4.69) is 34.2 Å². The van der Waals surface area contributed by atoms with Crippen LogP contribution in [0.4, 0.5) is 4.79 Å². The van der Waals surface area contributed by atoms with Gasteiger partial charge in [0.25, 0.3) is 0 Å². The van der Waals surface area contributed by atoms with Crippen molar-refractivity contribution in [1.82, 2.24) is 20.3 Å². The zero-order valence-corrected chi connectivity index (χ0v) is 17.7. The summed E-state index contributed by atoms with van der Waals surface area (Å²) < 4.78 is 5.63. The van der Waals surface area contributed by atoms with E-state index in [4.69, 9.17) is 0 Å². The number of methoxy groups -OCH3 is 1. The van der Waals surface area contributed by atoms with Gasteiger partial charge in [0.2, 0.25) is 5.91 Å². The van der Waals surface area contributed by atoms with Crippen molar-refractivity contribution in [1.29, 1.82) is 0 Å². The minimum atomic E-state index is -0.620. The van der Waals surface area contributed by atoms with Crippen molar-refractivity contribution in [3.05, 3.63) is 47.8 Å². The van der Waals surface area contributed by atoms with Crippen LogP contribution < -0.4 is 5.32 Å². The summed E-state index contributed by atoms with van der Waals surface area (Å²) in [5.41, 5.74) is 1.64. The summed E-state index contributed by atoms with van der Waals surface area (Å²) in [6.07, 6.45) is 2.77. The molecule has 7 heteroatoms. The maximum atomic E-state index is 12.6. The predicted octanol–water partition coefficient (Wildman–Crippen LogP) is 4.00. The second-order valence-corrected chi connectivity index (χ2v) is 7.09. The van der Waals surface area contributed by atoms with Gasteiger partial charge in [-0.05, 0) is 17.9 Å².